The van der Waals surface area contributed by atoms with Crippen LogP contribution in [0.15, 0.2) is 28.9 Å². The molecule has 26 heavy (non-hydrogen) atoms. The quantitative estimate of drug-likeness (QED) is 0.613. The standard InChI is InChI=1S/C20H26BrN3O2/c1-13(2)18-6-4-14(3)8-19(18)24-10-17(22-23-24)12-26-20-7-5-16(21)9-15(20)11-25/h5,7,9-11,13-14,18-19H,4,6,8,12H2,1-3H3/t14-,18+,19+/m1/s1. The Hall–Kier alpha value is -1.69. The molecule has 2 aromatic rings. The SMILES string of the molecule is CC(C)[C@@H]1CC[C@@H](C)C[C@@H]1n1cc(COc2ccc(Br)cc2C=O)nn1. The first-order valence-electron chi connectivity index (χ1n) is 9.26. The normalized spacial score (nSPS) is 23.2. The predicted molar refractivity (Wildman–Crippen MR) is 104 cm³/mol. The molecule has 0 unspecified atom stereocenters. The van der Waals surface area contributed by atoms with Crippen LogP contribution in [0.1, 0.15) is 62.1 Å². The zero-order chi connectivity index (χ0) is 18.7. The third-order valence-corrected chi connectivity index (χ3v) is 5.85. The number of carbonyl (C=O) groups is 1. The maximum atomic E-state index is 11.2. The summed E-state index contributed by atoms with van der Waals surface area (Å²) in [6, 6.07) is 5.79. The van der Waals surface area contributed by atoms with E-state index < -0.39 is 0 Å². The van der Waals surface area contributed by atoms with E-state index in [9.17, 15) is 4.79 Å². The molecule has 1 aliphatic rings. The van der Waals surface area contributed by atoms with E-state index in [4.69, 9.17) is 4.74 Å². The molecule has 0 bridgehead atoms. The molecule has 0 N–H and O–H groups in total. The topological polar surface area (TPSA) is 57.0 Å². The number of ether oxygens (including phenoxy) is 1. The molecule has 5 nitrogen and oxygen atoms in total. The van der Waals surface area contributed by atoms with Crippen molar-refractivity contribution < 1.29 is 9.53 Å². The average molecular weight is 420 g/mol. The zero-order valence-electron chi connectivity index (χ0n) is 15.6. The number of benzene rings is 1. The highest BCUT2D eigenvalue weighted by molar-refractivity contribution is 9.10. The van der Waals surface area contributed by atoms with E-state index in [0.29, 0.717) is 35.8 Å². The highest BCUT2D eigenvalue weighted by Crippen LogP contribution is 2.40. The molecule has 1 heterocycles. The van der Waals surface area contributed by atoms with Crippen molar-refractivity contribution in [2.24, 2.45) is 17.8 Å². The van der Waals surface area contributed by atoms with Gasteiger partial charge in [0.15, 0.2) is 6.29 Å². The minimum absolute atomic E-state index is 0.303. The van der Waals surface area contributed by atoms with Crippen LogP contribution >= 0.6 is 15.9 Å². The van der Waals surface area contributed by atoms with E-state index in [2.05, 4.69) is 47.0 Å². The van der Waals surface area contributed by atoms with Crippen LogP contribution in [0.3, 0.4) is 0 Å². The lowest BCUT2D eigenvalue weighted by molar-refractivity contribution is 0.111. The van der Waals surface area contributed by atoms with Crippen molar-refractivity contribution in [1.29, 1.82) is 0 Å². The largest absolute Gasteiger partial charge is 0.486 e. The molecule has 0 amide bonds. The molecular weight excluding hydrogens is 394 g/mol. The van der Waals surface area contributed by atoms with Gasteiger partial charge in [-0.05, 0) is 48.8 Å². The molecule has 0 spiro atoms. The molecule has 3 rings (SSSR count). The number of hydrogen-bond acceptors (Lipinski definition) is 4. The number of nitrogens with zero attached hydrogens (tertiary/aromatic N) is 3. The van der Waals surface area contributed by atoms with Crippen molar-refractivity contribution in [3.05, 3.63) is 40.1 Å². The second-order valence-corrected chi connectivity index (χ2v) is 8.59. The summed E-state index contributed by atoms with van der Waals surface area (Å²) in [7, 11) is 0. The molecule has 0 saturated heterocycles. The molecule has 1 fully saturated rings. The molecule has 3 atom stereocenters. The van der Waals surface area contributed by atoms with Gasteiger partial charge in [0.05, 0.1) is 17.8 Å². The molecule has 6 heteroatoms. The van der Waals surface area contributed by atoms with Crippen LogP contribution in [-0.2, 0) is 6.61 Å². The summed E-state index contributed by atoms with van der Waals surface area (Å²) in [5, 5.41) is 8.67. The molecule has 0 radical (unpaired) electrons. The monoisotopic (exact) mass is 419 g/mol. The molecule has 1 aliphatic carbocycles. The van der Waals surface area contributed by atoms with E-state index in [1.807, 2.05) is 16.9 Å². The van der Waals surface area contributed by atoms with Gasteiger partial charge >= 0.3 is 0 Å². The lowest BCUT2D eigenvalue weighted by atomic mass is 9.74. The van der Waals surface area contributed by atoms with Crippen LogP contribution in [0.25, 0.3) is 0 Å². The van der Waals surface area contributed by atoms with Crippen molar-refractivity contribution in [1.82, 2.24) is 15.0 Å². The Kier molecular flexibility index (Phi) is 6.12. The van der Waals surface area contributed by atoms with Crippen LogP contribution < -0.4 is 4.74 Å². The Morgan fingerprint density at radius 3 is 2.92 bits per heavy atom. The minimum Gasteiger partial charge on any atom is -0.486 e. The average Bonchev–Trinajstić information content (AvgIpc) is 3.09. The van der Waals surface area contributed by atoms with Gasteiger partial charge in [0.1, 0.15) is 18.1 Å². The van der Waals surface area contributed by atoms with Gasteiger partial charge in [0, 0.05) is 4.47 Å². The first kappa shape index (κ1) is 19.1. The smallest absolute Gasteiger partial charge is 0.153 e. The number of aromatic nitrogens is 3. The summed E-state index contributed by atoms with van der Waals surface area (Å²) in [6.07, 6.45) is 6.48. The molecular formula is C20H26BrN3O2. The molecule has 1 saturated carbocycles. The van der Waals surface area contributed by atoms with Crippen LogP contribution in [0.4, 0.5) is 0 Å². The fourth-order valence-corrected chi connectivity index (χ4v) is 4.27. The second-order valence-electron chi connectivity index (χ2n) is 7.67. The van der Waals surface area contributed by atoms with E-state index >= 15 is 0 Å². The highest BCUT2D eigenvalue weighted by Gasteiger charge is 2.32. The van der Waals surface area contributed by atoms with Crippen LogP contribution in [0, 0.1) is 17.8 Å². The first-order valence-corrected chi connectivity index (χ1v) is 10.1. The van der Waals surface area contributed by atoms with Crippen molar-refractivity contribution in [2.75, 3.05) is 0 Å². The maximum Gasteiger partial charge on any atom is 0.153 e. The van der Waals surface area contributed by atoms with Crippen molar-refractivity contribution in [3.63, 3.8) is 0 Å². The summed E-state index contributed by atoms with van der Waals surface area (Å²) >= 11 is 3.36. The number of hydrogen-bond donors (Lipinski definition) is 0. The van der Waals surface area contributed by atoms with Crippen molar-refractivity contribution in [2.45, 2.75) is 52.7 Å². The van der Waals surface area contributed by atoms with Gasteiger partial charge < -0.3 is 4.74 Å². The lowest BCUT2D eigenvalue weighted by Crippen LogP contribution is -2.30. The second kappa shape index (κ2) is 8.33. The molecule has 140 valence electrons. The summed E-state index contributed by atoms with van der Waals surface area (Å²) in [4.78, 5) is 11.2. The fraction of sp³-hybridized carbons (Fsp3) is 0.550. The Labute approximate surface area is 163 Å². The van der Waals surface area contributed by atoms with Gasteiger partial charge in [-0.3, -0.25) is 4.79 Å². The van der Waals surface area contributed by atoms with E-state index in [1.54, 1.807) is 12.1 Å². The van der Waals surface area contributed by atoms with Crippen molar-refractivity contribution in [3.8, 4) is 5.75 Å². The Balaban J connectivity index is 1.70. The summed E-state index contributed by atoms with van der Waals surface area (Å²) in [5.74, 6) is 2.55. The first-order chi connectivity index (χ1) is 12.5. The predicted octanol–water partition coefficient (Wildman–Crippen LogP) is 5.07. The molecule has 1 aromatic carbocycles. The Morgan fingerprint density at radius 2 is 2.19 bits per heavy atom. The number of aldehydes is 1. The lowest BCUT2D eigenvalue weighted by Gasteiger charge is -2.37. The molecule has 1 aromatic heterocycles. The van der Waals surface area contributed by atoms with Gasteiger partial charge in [-0.25, -0.2) is 4.68 Å². The van der Waals surface area contributed by atoms with Crippen LogP contribution in [0.5, 0.6) is 5.75 Å². The van der Waals surface area contributed by atoms with Crippen LogP contribution in [-0.4, -0.2) is 21.3 Å². The van der Waals surface area contributed by atoms with Gasteiger partial charge in [-0.2, -0.15) is 0 Å². The van der Waals surface area contributed by atoms with Gasteiger partial charge in [-0.1, -0.05) is 48.3 Å². The summed E-state index contributed by atoms with van der Waals surface area (Å²) in [6.45, 7) is 7.21. The van der Waals surface area contributed by atoms with E-state index in [1.165, 1.54) is 12.8 Å². The number of halogens is 1. The van der Waals surface area contributed by atoms with Gasteiger partial charge in [-0.15, -0.1) is 5.10 Å². The Bertz CT molecular complexity index is 759. The van der Waals surface area contributed by atoms with E-state index in [0.717, 1.165) is 28.8 Å². The summed E-state index contributed by atoms with van der Waals surface area (Å²) < 4.78 is 8.68. The van der Waals surface area contributed by atoms with Gasteiger partial charge in [0.2, 0.25) is 0 Å². The highest BCUT2D eigenvalue weighted by atomic mass is 79.9. The number of carbonyl (C=O) groups excluding carboxylic acids is 1. The minimum atomic E-state index is 0.303. The third kappa shape index (κ3) is 4.34. The fourth-order valence-electron chi connectivity index (χ4n) is 3.89. The number of rotatable bonds is 6. The maximum absolute atomic E-state index is 11.2. The Morgan fingerprint density at radius 1 is 1.38 bits per heavy atom. The zero-order valence-corrected chi connectivity index (χ0v) is 17.1. The third-order valence-electron chi connectivity index (χ3n) is 5.36. The molecule has 0 aliphatic heterocycles. The van der Waals surface area contributed by atoms with Gasteiger partial charge in [0.25, 0.3) is 0 Å². The summed E-state index contributed by atoms with van der Waals surface area (Å²) in [5.41, 5.74) is 1.30. The van der Waals surface area contributed by atoms with Crippen LogP contribution in [0.2, 0.25) is 0 Å². The van der Waals surface area contributed by atoms with Crippen molar-refractivity contribution >= 4 is 22.2 Å². The van der Waals surface area contributed by atoms with E-state index in [-0.39, 0.29) is 0 Å².